The highest BCUT2D eigenvalue weighted by molar-refractivity contribution is 7.85. The van der Waals surface area contributed by atoms with Gasteiger partial charge in [-0.15, -0.1) is 0 Å². The summed E-state index contributed by atoms with van der Waals surface area (Å²) in [5.74, 6) is -0.165. The lowest BCUT2D eigenvalue weighted by Gasteiger charge is -2.34. The van der Waals surface area contributed by atoms with Gasteiger partial charge in [0.25, 0.3) is 0 Å². The molecule has 1 aromatic carbocycles. The van der Waals surface area contributed by atoms with Crippen LogP contribution < -0.4 is 11.5 Å². The Kier molecular flexibility index (Phi) is 5.62. The number of hydrogen-bond donors (Lipinski definition) is 2. The fourth-order valence-electron chi connectivity index (χ4n) is 2.70. The van der Waals surface area contributed by atoms with Crippen LogP contribution in [0.5, 0.6) is 0 Å². The molecule has 2 atom stereocenters. The fourth-order valence-corrected chi connectivity index (χ4v) is 3.65. The highest BCUT2D eigenvalue weighted by Gasteiger charge is 2.35. The van der Waals surface area contributed by atoms with E-state index in [9.17, 15) is 13.8 Å². The van der Waals surface area contributed by atoms with Gasteiger partial charge in [-0.1, -0.05) is 13.8 Å². The molecular weight excluding hydrogens is 340 g/mol. The Bertz CT molecular complexity index is 762. The minimum atomic E-state index is -1.24. The molecule has 7 nitrogen and oxygen atoms in total. The van der Waals surface area contributed by atoms with Crippen LogP contribution in [0.1, 0.15) is 49.5 Å². The van der Waals surface area contributed by atoms with E-state index < -0.39 is 22.2 Å². The number of guanidine groups is 1. The average molecular weight is 364 g/mol. The Morgan fingerprint density at radius 1 is 1.40 bits per heavy atom. The number of nitrogens with two attached hydrogens (primary N) is 2. The zero-order valence-corrected chi connectivity index (χ0v) is 15.6. The van der Waals surface area contributed by atoms with Gasteiger partial charge in [0, 0.05) is 16.2 Å². The lowest BCUT2D eigenvalue weighted by Crippen LogP contribution is -2.50. The van der Waals surface area contributed by atoms with Crippen molar-refractivity contribution in [3.8, 4) is 0 Å². The van der Waals surface area contributed by atoms with Crippen LogP contribution in [0.4, 0.5) is 0 Å². The molecule has 1 aromatic rings. The molecule has 8 heteroatoms. The second-order valence-electron chi connectivity index (χ2n) is 6.30. The molecule has 0 radical (unpaired) electrons. The number of hydrogen-bond acceptors (Lipinski definition) is 5. The molecule has 0 aromatic heterocycles. The number of rotatable bonds is 6. The van der Waals surface area contributed by atoms with Crippen LogP contribution in [0.3, 0.4) is 0 Å². The van der Waals surface area contributed by atoms with E-state index in [0.717, 1.165) is 0 Å². The van der Waals surface area contributed by atoms with E-state index in [4.69, 9.17) is 11.5 Å². The summed E-state index contributed by atoms with van der Waals surface area (Å²) in [6.45, 7) is 5.76. The standard InChI is InChI=1S/C17H24N4O3S/c1-4-17(3)9-14(22)21(16(19)20-17)10-12-8-11(15(18)23)6-7-13(12)25(24)5-2/h6-8H,4-5,9-10H2,1-3H3,(H2,18,23)(H2,19,20). The van der Waals surface area contributed by atoms with Crippen LogP contribution in [0.2, 0.25) is 0 Å². The normalized spacial score (nSPS) is 21.8. The Hall–Kier alpha value is -2.22. The third-order valence-electron chi connectivity index (χ3n) is 4.44. The molecule has 0 bridgehead atoms. The molecule has 2 amide bonds. The van der Waals surface area contributed by atoms with Gasteiger partial charge in [0.2, 0.25) is 11.8 Å². The minimum absolute atomic E-state index is 0.107. The van der Waals surface area contributed by atoms with Gasteiger partial charge in [-0.25, -0.2) is 4.99 Å². The van der Waals surface area contributed by atoms with Crippen LogP contribution in [0.15, 0.2) is 28.1 Å². The van der Waals surface area contributed by atoms with E-state index in [1.54, 1.807) is 25.1 Å². The lowest BCUT2D eigenvalue weighted by molar-refractivity contribution is -0.129. The summed E-state index contributed by atoms with van der Waals surface area (Å²) < 4.78 is 12.3. The first-order valence-electron chi connectivity index (χ1n) is 8.17. The summed E-state index contributed by atoms with van der Waals surface area (Å²) >= 11 is 0. The summed E-state index contributed by atoms with van der Waals surface area (Å²) in [6.07, 6.45) is 0.960. The van der Waals surface area contributed by atoms with Crippen molar-refractivity contribution in [1.82, 2.24) is 4.90 Å². The highest BCUT2D eigenvalue weighted by atomic mass is 32.2. The van der Waals surface area contributed by atoms with Gasteiger partial charge in [0.15, 0.2) is 5.96 Å². The third-order valence-corrected chi connectivity index (χ3v) is 5.85. The van der Waals surface area contributed by atoms with Crippen LogP contribution in [0.25, 0.3) is 0 Å². The summed E-state index contributed by atoms with van der Waals surface area (Å²) in [5.41, 5.74) is 11.7. The molecule has 0 aliphatic carbocycles. The maximum Gasteiger partial charge on any atom is 0.248 e. The van der Waals surface area contributed by atoms with Crippen LogP contribution in [-0.2, 0) is 22.1 Å². The molecule has 1 heterocycles. The molecule has 4 N–H and O–H groups in total. The van der Waals surface area contributed by atoms with E-state index in [2.05, 4.69) is 4.99 Å². The molecule has 0 spiro atoms. The Labute approximate surface area is 149 Å². The second kappa shape index (κ2) is 7.35. The van der Waals surface area contributed by atoms with Gasteiger partial charge < -0.3 is 11.5 Å². The van der Waals surface area contributed by atoms with Gasteiger partial charge in [0.05, 0.1) is 29.3 Å². The topological polar surface area (TPSA) is 119 Å². The fraction of sp³-hybridized carbons (Fsp3) is 0.471. The molecule has 136 valence electrons. The maximum absolute atomic E-state index is 12.6. The van der Waals surface area contributed by atoms with Crippen molar-refractivity contribution in [1.29, 1.82) is 0 Å². The molecule has 2 rings (SSSR count). The molecule has 1 aliphatic heterocycles. The number of aliphatic imine (C=N–C) groups is 1. The molecule has 0 saturated heterocycles. The van der Waals surface area contributed by atoms with Crippen molar-refractivity contribution in [2.45, 2.75) is 50.6 Å². The Balaban J connectivity index is 2.43. The van der Waals surface area contributed by atoms with E-state index in [1.165, 1.54) is 4.90 Å². The van der Waals surface area contributed by atoms with E-state index in [-0.39, 0.29) is 24.8 Å². The van der Waals surface area contributed by atoms with Crippen LogP contribution >= 0.6 is 0 Å². The van der Waals surface area contributed by atoms with Gasteiger partial charge >= 0.3 is 0 Å². The predicted octanol–water partition coefficient (Wildman–Crippen LogP) is 1.13. The molecule has 1 aliphatic rings. The number of nitrogens with zero attached hydrogens (tertiary/aromatic N) is 2. The summed E-state index contributed by atoms with van der Waals surface area (Å²) in [4.78, 5) is 30.4. The zero-order chi connectivity index (χ0) is 18.8. The lowest BCUT2D eigenvalue weighted by atomic mass is 9.93. The predicted molar refractivity (Wildman–Crippen MR) is 97.4 cm³/mol. The van der Waals surface area contributed by atoms with E-state index in [0.29, 0.717) is 28.2 Å². The SMILES string of the molecule is CCS(=O)c1ccc(C(N)=O)cc1CN1C(=O)CC(C)(CC)N=C1N. The number of benzene rings is 1. The number of primary amides is 1. The molecule has 2 unspecified atom stereocenters. The van der Waals surface area contributed by atoms with Gasteiger partial charge in [-0.05, 0) is 37.1 Å². The smallest absolute Gasteiger partial charge is 0.248 e. The van der Waals surface area contributed by atoms with Crippen molar-refractivity contribution in [3.63, 3.8) is 0 Å². The number of amides is 2. The summed E-state index contributed by atoms with van der Waals surface area (Å²) in [6, 6.07) is 4.73. The van der Waals surface area contributed by atoms with Crippen molar-refractivity contribution in [3.05, 3.63) is 29.3 Å². The molecule has 0 saturated carbocycles. The largest absolute Gasteiger partial charge is 0.369 e. The molecular formula is C17H24N4O3S. The van der Waals surface area contributed by atoms with Gasteiger partial charge in [-0.3, -0.25) is 18.7 Å². The van der Waals surface area contributed by atoms with Crippen LogP contribution in [0, 0.1) is 0 Å². The summed E-state index contributed by atoms with van der Waals surface area (Å²) in [5, 5.41) is 0. The van der Waals surface area contributed by atoms with Crippen molar-refractivity contribution in [2.75, 3.05) is 5.75 Å². The van der Waals surface area contributed by atoms with Gasteiger partial charge in [0.1, 0.15) is 0 Å². The maximum atomic E-state index is 12.6. The first kappa shape index (κ1) is 19.1. The molecule has 0 fully saturated rings. The van der Waals surface area contributed by atoms with E-state index in [1.807, 2.05) is 13.8 Å². The average Bonchev–Trinajstić information content (AvgIpc) is 2.57. The number of carbonyl (C=O) groups is 2. The molecule has 25 heavy (non-hydrogen) atoms. The quantitative estimate of drug-likeness (QED) is 0.786. The Morgan fingerprint density at radius 2 is 2.08 bits per heavy atom. The van der Waals surface area contributed by atoms with Crippen LogP contribution in [-0.4, -0.2) is 38.2 Å². The summed E-state index contributed by atoms with van der Waals surface area (Å²) in [7, 11) is -1.24. The zero-order valence-electron chi connectivity index (χ0n) is 14.7. The van der Waals surface area contributed by atoms with Crippen molar-refractivity contribution in [2.24, 2.45) is 16.5 Å². The first-order valence-corrected chi connectivity index (χ1v) is 9.49. The van der Waals surface area contributed by atoms with Gasteiger partial charge in [-0.2, -0.15) is 0 Å². The number of carbonyl (C=O) groups excluding carboxylic acids is 2. The Morgan fingerprint density at radius 3 is 2.60 bits per heavy atom. The minimum Gasteiger partial charge on any atom is -0.369 e. The monoisotopic (exact) mass is 364 g/mol. The highest BCUT2D eigenvalue weighted by Crippen LogP contribution is 2.27. The first-order chi connectivity index (χ1) is 11.7. The van der Waals surface area contributed by atoms with Crippen molar-refractivity contribution >= 4 is 28.6 Å². The third kappa shape index (κ3) is 4.07. The van der Waals surface area contributed by atoms with Crippen molar-refractivity contribution < 1.29 is 13.8 Å². The second-order valence-corrected chi connectivity index (χ2v) is 8.01. The van der Waals surface area contributed by atoms with E-state index >= 15 is 0 Å².